The molecule has 0 spiro atoms. The number of ether oxygens (including phenoxy) is 1. The van der Waals surface area contributed by atoms with Crippen LogP contribution in [0.5, 0.6) is 0 Å². The Balaban J connectivity index is 1.47. The van der Waals surface area contributed by atoms with Gasteiger partial charge in [0.1, 0.15) is 5.82 Å². The minimum atomic E-state index is -0.788. The lowest BCUT2D eigenvalue weighted by Crippen LogP contribution is -2.39. The molecule has 37 heavy (non-hydrogen) atoms. The minimum Gasteiger partial charge on any atom is -0.378 e. The molecule has 0 unspecified atom stereocenters. The molecule has 0 aliphatic carbocycles. The zero-order chi connectivity index (χ0) is 26.0. The van der Waals surface area contributed by atoms with Crippen molar-refractivity contribution in [3.8, 4) is 17.5 Å². The maximum atomic E-state index is 13.1. The summed E-state index contributed by atoms with van der Waals surface area (Å²) in [6.45, 7) is 10.2. The summed E-state index contributed by atoms with van der Waals surface area (Å²) in [7, 11) is 0. The van der Waals surface area contributed by atoms with E-state index in [0.717, 1.165) is 48.7 Å². The zero-order valence-corrected chi connectivity index (χ0v) is 21.5. The Morgan fingerprint density at radius 3 is 2.78 bits per heavy atom. The van der Waals surface area contributed by atoms with Crippen LogP contribution in [0.2, 0.25) is 0 Å². The van der Waals surface area contributed by atoms with Crippen molar-refractivity contribution in [3.05, 3.63) is 64.6 Å². The second kappa shape index (κ2) is 10.2. The second-order valence-corrected chi connectivity index (χ2v) is 9.97. The number of nitrogens with zero attached hydrogens (tertiary/aromatic N) is 5. The number of anilines is 2. The van der Waals surface area contributed by atoms with Gasteiger partial charge in [0.05, 0.1) is 36.1 Å². The molecule has 190 valence electrons. The molecule has 2 aliphatic rings. The second-order valence-electron chi connectivity index (χ2n) is 9.97. The van der Waals surface area contributed by atoms with E-state index in [1.54, 1.807) is 32.2 Å². The first kappa shape index (κ1) is 24.8. The molecule has 1 aromatic carbocycles. The van der Waals surface area contributed by atoms with Gasteiger partial charge in [0.2, 0.25) is 0 Å². The summed E-state index contributed by atoms with van der Waals surface area (Å²) in [5.41, 5.74) is 5.00. The smallest absolute Gasteiger partial charge is 0.255 e. The molecular formula is C28H31N7O2. The summed E-state index contributed by atoms with van der Waals surface area (Å²) in [6, 6.07) is 11.3. The summed E-state index contributed by atoms with van der Waals surface area (Å²) in [6.07, 6.45) is 2.46. The molecule has 0 bridgehead atoms. The van der Waals surface area contributed by atoms with E-state index < -0.39 is 5.41 Å². The van der Waals surface area contributed by atoms with E-state index in [0.29, 0.717) is 42.5 Å². The SMILES string of the molecule is Cc1ccc(NC(=O)c2ccnc(C(C)(C)C#N)c2)cc1-c1nc2c(c(N3CCOCC3)n1)CCNC2. The predicted molar refractivity (Wildman–Crippen MR) is 141 cm³/mol. The Labute approximate surface area is 216 Å². The zero-order valence-electron chi connectivity index (χ0n) is 21.5. The normalized spacial score (nSPS) is 15.6. The van der Waals surface area contributed by atoms with Gasteiger partial charge < -0.3 is 20.3 Å². The highest BCUT2D eigenvalue weighted by molar-refractivity contribution is 6.04. The fourth-order valence-corrected chi connectivity index (χ4v) is 4.61. The predicted octanol–water partition coefficient (Wildman–Crippen LogP) is 3.38. The summed E-state index contributed by atoms with van der Waals surface area (Å²) in [5.74, 6) is 1.37. The Bertz CT molecular complexity index is 1370. The van der Waals surface area contributed by atoms with Gasteiger partial charge in [0, 0.05) is 48.2 Å². The number of hydrogen-bond acceptors (Lipinski definition) is 8. The number of nitrogens with one attached hydrogen (secondary N) is 2. The number of benzene rings is 1. The summed E-state index contributed by atoms with van der Waals surface area (Å²) < 4.78 is 5.56. The van der Waals surface area contributed by atoms with E-state index in [-0.39, 0.29) is 5.91 Å². The fourth-order valence-electron chi connectivity index (χ4n) is 4.61. The van der Waals surface area contributed by atoms with Crippen molar-refractivity contribution in [2.24, 2.45) is 0 Å². The highest BCUT2D eigenvalue weighted by Crippen LogP contribution is 2.31. The number of morpholine rings is 1. The lowest BCUT2D eigenvalue weighted by atomic mass is 9.90. The molecule has 3 aromatic rings. The Hall–Kier alpha value is -3.87. The van der Waals surface area contributed by atoms with Gasteiger partial charge in [-0.3, -0.25) is 9.78 Å². The highest BCUT2D eigenvalue weighted by atomic mass is 16.5. The average molecular weight is 498 g/mol. The quantitative estimate of drug-likeness (QED) is 0.551. The molecule has 1 saturated heterocycles. The number of pyridine rings is 1. The molecule has 1 fully saturated rings. The van der Waals surface area contributed by atoms with Crippen molar-refractivity contribution in [3.63, 3.8) is 0 Å². The van der Waals surface area contributed by atoms with E-state index in [1.807, 2.05) is 25.1 Å². The highest BCUT2D eigenvalue weighted by Gasteiger charge is 2.25. The van der Waals surface area contributed by atoms with Gasteiger partial charge in [-0.05, 0) is 63.6 Å². The number of aromatic nitrogens is 3. The van der Waals surface area contributed by atoms with Gasteiger partial charge in [-0.25, -0.2) is 9.97 Å². The number of hydrogen-bond donors (Lipinski definition) is 2. The largest absolute Gasteiger partial charge is 0.378 e. The lowest BCUT2D eigenvalue weighted by Gasteiger charge is -2.31. The van der Waals surface area contributed by atoms with Crippen molar-refractivity contribution in [2.45, 2.75) is 39.2 Å². The van der Waals surface area contributed by atoms with Crippen LogP contribution < -0.4 is 15.5 Å². The van der Waals surface area contributed by atoms with E-state index in [2.05, 4.69) is 26.6 Å². The Morgan fingerprint density at radius 2 is 2.00 bits per heavy atom. The van der Waals surface area contributed by atoms with Crippen molar-refractivity contribution < 1.29 is 9.53 Å². The standard InChI is InChI=1S/C28H31N7O2/c1-18-4-5-20(32-27(36)19-6-9-31-24(14-19)28(2,3)17-29)15-22(18)25-33-23-16-30-8-7-21(23)26(34-25)35-10-12-37-13-11-35/h4-6,9,14-15,30H,7-8,10-13,16H2,1-3H3,(H,32,36). The molecule has 0 radical (unpaired) electrons. The van der Waals surface area contributed by atoms with Crippen molar-refractivity contribution >= 4 is 17.4 Å². The van der Waals surface area contributed by atoms with Gasteiger partial charge in [-0.1, -0.05) is 6.07 Å². The third-order valence-electron chi connectivity index (χ3n) is 6.90. The molecule has 4 heterocycles. The summed E-state index contributed by atoms with van der Waals surface area (Å²) in [5, 5.41) is 15.8. The third-order valence-corrected chi connectivity index (χ3v) is 6.90. The number of carbonyl (C=O) groups excluding carboxylic acids is 1. The van der Waals surface area contributed by atoms with Gasteiger partial charge in [0.15, 0.2) is 5.82 Å². The number of amides is 1. The van der Waals surface area contributed by atoms with Crippen LogP contribution in [-0.4, -0.2) is 53.7 Å². The van der Waals surface area contributed by atoms with Crippen molar-refractivity contribution in [1.82, 2.24) is 20.3 Å². The molecule has 0 atom stereocenters. The fraction of sp³-hybridized carbons (Fsp3) is 0.393. The van der Waals surface area contributed by atoms with Gasteiger partial charge in [0.25, 0.3) is 5.91 Å². The van der Waals surface area contributed by atoms with Crippen molar-refractivity contribution in [1.29, 1.82) is 5.26 Å². The van der Waals surface area contributed by atoms with Gasteiger partial charge in [-0.15, -0.1) is 0 Å². The molecule has 2 aromatic heterocycles. The van der Waals surface area contributed by atoms with E-state index in [1.165, 1.54) is 5.56 Å². The molecule has 2 aliphatic heterocycles. The van der Waals surface area contributed by atoms with E-state index >= 15 is 0 Å². The van der Waals surface area contributed by atoms with Gasteiger partial charge >= 0.3 is 0 Å². The molecule has 9 heteroatoms. The van der Waals surface area contributed by atoms with E-state index in [9.17, 15) is 10.1 Å². The molecule has 5 rings (SSSR count). The topological polar surface area (TPSA) is 116 Å². The number of carbonyl (C=O) groups is 1. The first-order chi connectivity index (χ1) is 17.9. The average Bonchev–Trinajstić information content (AvgIpc) is 2.94. The van der Waals surface area contributed by atoms with Crippen LogP contribution in [0.25, 0.3) is 11.4 Å². The summed E-state index contributed by atoms with van der Waals surface area (Å²) in [4.78, 5) is 29.7. The molecule has 0 saturated carbocycles. The summed E-state index contributed by atoms with van der Waals surface area (Å²) >= 11 is 0. The van der Waals surface area contributed by atoms with Crippen LogP contribution in [0.15, 0.2) is 36.5 Å². The Morgan fingerprint density at radius 1 is 1.19 bits per heavy atom. The van der Waals surface area contributed by atoms with Crippen LogP contribution in [0.3, 0.4) is 0 Å². The van der Waals surface area contributed by atoms with E-state index in [4.69, 9.17) is 14.7 Å². The molecule has 2 N–H and O–H groups in total. The van der Waals surface area contributed by atoms with Crippen LogP contribution in [0.1, 0.15) is 46.7 Å². The Kier molecular flexibility index (Phi) is 6.87. The first-order valence-electron chi connectivity index (χ1n) is 12.6. The monoisotopic (exact) mass is 497 g/mol. The van der Waals surface area contributed by atoms with Crippen LogP contribution in [-0.2, 0) is 23.1 Å². The van der Waals surface area contributed by atoms with Gasteiger partial charge in [-0.2, -0.15) is 5.26 Å². The molecule has 1 amide bonds. The van der Waals surface area contributed by atoms with Crippen LogP contribution in [0.4, 0.5) is 11.5 Å². The number of nitriles is 1. The minimum absolute atomic E-state index is 0.267. The first-order valence-corrected chi connectivity index (χ1v) is 12.6. The number of rotatable bonds is 5. The van der Waals surface area contributed by atoms with Crippen LogP contribution >= 0.6 is 0 Å². The maximum Gasteiger partial charge on any atom is 0.255 e. The number of aryl methyl sites for hydroxylation is 1. The number of fused-ring (bicyclic) bond motifs is 1. The molecule has 9 nitrogen and oxygen atoms in total. The molecular weight excluding hydrogens is 466 g/mol. The maximum absolute atomic E-state index is 13.1. The van der Waals surface area contributed by atoms with Crippen LogP contribution in [0, 0.1) is 18.3 Å². The van der Waals surface area contributed by atoms with Crippen molar-refractivity contribution in [2.75, 3.05) is 43.1 Å². The lowest BCUT2D eigenvalue weighted by molar-refractivity contribution is 0.102. The third kappa shape index (κ3) is 5.17.